The van der Waals surface area contributed by atoms with Crippen LogP contribution in [0.2, 0.25) is 0 Å². The van der Waals surface area contributed by atoms with Crippen molar-refractivity contribution >= 4 is 5.97 Å². The summed E-state index contributed by atoms with van der Waals surface area (Å²) in [5, 5.41) is 0. The van der Waals surface area contributed by atoms with E-state index >= 15 is 0 Å². The Labute approximate surface area is 92.4 Å². The van der Waals surface area contributed by atoms with E-state index < -0.39 is 0 Å². The van der Waals surface area contributed by atoms with E-state index in [1.807, 2.05) is 13.8 Å². The molecule has 0 aliphatic heterocycles. The lowest BCUT2D eigenvalue weighted by molar-refractivity contribution is -0.145. The van der Waals surface area contributed by atoms with Crippen molar-refractivity contribution in [3.63, 3.8) is 0 Å². The second-order valence-corrected chi connectivity index (χ2v) is 4.82. The summed E-state index contributed by atoms with van der Waals surface area (Å²) < 4.78 is 4.95. The van der Waals surface area contributed by atoms with Gasteiger partial charge in [0.25, 0.3) is 0 Å². The number of hydrogen-bond acceptors (Lipinski definition) is 3. The molecule has 0 unspecified atom stereocenters. The number of nitrogens with two attached hydrogens (primary N) is 1. The first-order valence-electron chi connectivity index (χ1n) is 6.00. The molecule has 0 aromatic carbocycles. The third-order valence-corrected chi connectivity index (χ3v) is 3.37. The molecule has 88 valence electrons. The second kappa shape index (κ2) is 5.50. The van der Waals surface area contributed by atoms with Gasteiger partial charge in [-0.1, -0.05) is 19.3 Å². The minimum atomic E-state index is -0.382. The molecule has 3 heteroatoms. The molecule has 0 bridgehead atoms. The molecule has 15 heavy (non-hydrogen) atoms. The zero-order chi connectivity index (χ0) is 11.3. The predicted octanol–water partition coefficient (Wildman–Crippen LogP) is 2.24. The third-order valence-electron chi connectivity index (χ3n) is 3.37. The van der Waals surface area contributed by atoms with E-state index in [2.05, 4.69) is 0 Å². The van der Waals surface area contributed by atoms with Crippen LogP contribution >= 0.6 is 0 Å². The molecule has 2 N–H and O–H groups in total. The topological polar surface area (TPSA) is 52.3 Å². The molecule has 1 saturated carbocycles. The van der Waals surface area contributed by atoms with Gasteiger partial charge in [-0.05, 0) is 32.6 Å². The van der Waals surface area contributed by atoms with Gasteiger partial charge < -0.3 is 10.5 Å². The van der Waals surface area contributed by atoms with E-state index in [0.717, 1.165) is 12.8 Å². The molecule has 1 aliphatic rings. The highest BCUT2D eigenvalue weighted by molar-refractivity contribution is 5.70. The van der Waals surface area contributed by atoms with E-state index in [9.17, 15) is 4.79 Å². The van der Waals surface area contributed by atoms with Gasteiger partial charge in [-0.15, -0.1) is 0 Å². The van der Waals surface area contributed by atoms with Crippen molar-refractivity contribution in [1.29, 1.82) is 0 Å². The minimum absolute atomic E-state index is 0.159. The number of carbonyl (C=O) groups excluding carboxylic acids is 1. The molecule has 0 saturated heterocycles. The summed E-state index contributed by atoms with van der Waals surface area (Å²) >= 11 is 0. The van der Waals surface area contributed by atoms with Crippen LogP contribution in [0, 0.1) is 5.92 Å². The van der Waals surface area contributed by atoms with E-state index in [-0.39, 0.29) is 11.5 Å². The summed E-state index contributed by atoms with van der Waals surface area (Å²) in [5.74, 6) is 0.323. The van der Waals surface area contributed by atoms with Gasteiger partial charge in [-0.25, -0.2) is 0 Å². The van der Waals surface area contributed by atoms with Gasteiger partial charge in [-0.2, -0.15) is 0 Å². The quantitative estimate of drug-likeness (QED) is 0.729. The van der Waals surface area contributed by atoms with Crippen LogP contribution in [0.5, 0.6) is 0 Å². The van der Waals surface area contributed by atoms with Crippen LogP contribution in [0.1, 0.15) is 52.4 Å². The molecule has 1 rings (SSSR count). The molecular weight excluding hydrogens is 190 g/mol. The highest BCUT2D eigenvalue weighted by atomic mass is 16.5. The standard InChI is InChI=1S/C12H23NO2/c1-3-15-11(14)9-12(2,13)10-7-5-4-6-8-10/h10H,3-9,13H2,1-2H3/t12-/m1/s1. The lowest BCUT2D eigenvalue weighted by Gasteiger charge is -2.36. The average Bonchev–Trinajstić information content (AvgIpc) is 2.18. The zero-order valence-electron chi connectivity index (χ0n) is 9.92. The van der Waals surface area contributed by atoms with E-state index in [1.54, 1.807) is 0 Å². The lowest BCUT2D eigenvalue weighted by atomic mass is 9.74. The van der Waals surface area contributed by atoms with Crippen molar-refractivity contribution in [2.45, 2.75) is 57.9 Å². The van der Waals surface area contributed by atoms with Crippen LogP contribution in [0.15, 0.2) is 0 Å². The Morgan fingerprint density at radius 3 is 2.53 bits per heavy atom. The van der Waals surface area contributed by atoms with E-state index in [1.165, 1.54) is 19.3 Å². The van der Waals surface area contributed by atoms with Crippen molar-refractivity contribution in [2.24, 2.45) is 11.7 Å². The summed E-state index contributed by atoms with van der Waals surface area (Å²) in [4.78, 5) is 11.4. The number of carbonyl (C=O) groups is 1. The summed E-state index contributed by atoms with van der Waals surface area (Å²) in [6.45, 7) is 4.26. The van der Waals surface area contributed by atoms with Crippen LogP contribution in [0.25, 0.3) is 0 Å². The maximum Gasteiger partial charge on any atom is 0.307 e. The highest BCUT2D eigenvalue weighted by Gasteiger charge is 2.33. The largest absolute Gasteiger partial charge is 0.466 e. The summed E-state index contributed by atoms with van der Waals surface area (Å²) in [5.41, 5.74) is 5.84. The molecule has 0 aromatic heterocycles. The fourth-order valence-corrected chi connectivity index (χ4v) is 2.43. The molecule has 1 atom stereocenters. The summed E-state index contributed by atoms with van der Waals surface area (Å²) in [7, 11) is 0. The van der Waals surface area contributed by atoms with Gasteiger partial charge >= 0.3 is 5.97 Å². The highest BCUT2D eigenvalue weighted by Crippen LogP contribution is 2.33. The van der Waals surface area contributed by atoms with Gasteiger partial charge in [0.1, 0.15) is 0 Å². The molecule has 1 aliphatic carbocycles. The van der Waals surface area contributed by atoms with Crippen molar-refractivity contribution < 1.29 is 9.53 Å². The van der Waals surface area contributed by atoms with Crippen molar-refractivity contribution in [2.75, 3.05) is 6.61 Å². The Balaban J connectivity index is 2.45. The first kappa shape index (κ1) is 12.5. The molecule has 0 radical (unpaired) electrons. The monoisotopic (exact) mass is 213 g/mol. The number of hydrogen-bond donors (Lipinski definition) is 1. The summed E-state index contributed by atoms with van der Waals surface area (Å²) in [6, 6.07) is 0. The molecule has 1 fully saturated rings. The normalized spacial score (nSPS) is 22.1. The zero-order valence-corrected chi connectivity index (χ0v) is 9.92. The van der Waals surface area contributed by atoms with Crippen molar-refractivity contribution in [3.8, 4) is 0 Å². The Hall–Kier alpha value is -0.570. The SMILES string of the molecule is CCOC(=O)C[C@@](C)(N)C1CCCCC1. The Bertz CT molecular complexity index is 208. The van der Waals surface area contributed by atoms with Crippen LogP contribution < -0.4 is 5.73 Å². The van der Waals surface area contributed by atoms with Gasteiger partial charge in [0.2, 0.25) is 0 Å². The van der Waals surface area contributed by atoms with Crippen LogP contribution in [0.4, 0.5) is 0 Å². The number of rotatable bonds is 4. The van der Waals surface area contributed by atoms with E-state index in [4.69, 9.17) is 10.5 Å². The Kier molecular flexibility index (Phi) is 4.58. The lowest BCUT2D eigenvalue weighted by Crippen LogP contribution is -2.47. The molecule has 0 spiro atoms. The fourth-order valence-electron chi connectivity index (χ4n) is 2.43. The van der Waals surface area contributed by atoms with Gasteiger partial charge in [0, 0.05) is 5.54 Å². The van der Waals surface area contributed by atoms with Crippen LogP contribution in [-0.4, -0.2) is 18.1 Å². The molecule has 3 nitrogen and oxygen atoms in total. The predicted molar refractivity (Wildman–Crippen MR) is 60.4 cm³/mol. The molecular formula is C12H23NO2. The maximum absolute atomic E-state index is 11.4. The van der Waals surface area contributed by atoms with Crippen molar-refractivity contribution in [3.05, 3.63) is 0 Å². The second-order valence-electron chi connectivity index (χ2n) is 4.82. The Morgan fingerprint density at radius 2 is 2.00 bits per heavy atom. The maximum atomic E-state index is 11.4. The number of ether oxygens (including phenoxy) is 1. The molecule has 0 amide bonds. The minimum Gasteiger partial charge on any atom is -0.466 e. The fraction of sp³-hybridized carbons (Fsp3) is 0.917. The molecule has 0 aromatic rings. The molecule has 0 heterocycles. The average molecular weight is 213 g/mol. The van der Waals surface area contributed by atoms with Crippen LogP contribution in [0.3, 0.4) is 0 Å². The van der Waals surface area contributed by atoms with Gasteiger partial charge in [0.05, 0.1) is 13.0 Å². The Morgan fingerprint density at radius 1 is 1.40 bits per heavy atom. The first-order chi connectivity index (χ1) is 7.06. The van der Waals surface area contributed by atoms with Gasteiger partial charge in [0.15, 0.2) is 0 Å². The van der Waals surface area contributed by atoms with E-state index in [0.29, 0.717) is 18.9 Å². The van der Waals surface area contributed by atoms with Crippen molar-refractivity contribution in [1.82, 2.24) is 0 Å². The first-order valence-corrected chi connectivity index (χ1v) is 6.00. The smallest absolute Gasteiger partial charge is 0.307 e. The van der Waals surface area contributed by atoms with Gasteiger partial charge in [-0.3, -0.25) is 4.79 Å². The third kappa shape index (κ3) is 3.82. The van der Waals surface area contributed by atoms with Crippen LogP contribution in [-0.2, 0) is 9.53 Å². The number of esters is 1. The summed E-state index contributed by atoms with van der Waals surface area (Å²) in [6.07, 6.45) is 6.48.